The molecule has 0 aliphatic heterocycles. The van der Waals surface area contributed by atoms with E-state index >= 15 is 0 Å². The van der Waals surface area contributed by atoms with E-state index < -0.39 is 16.3 Å². The Morgan fingerprint density at radius 3 is 2.00 bits per heavy atom. The van der Waals surface area contributed by atoms with Gasteiger partial charge >= 0.3 is 4.83 Å². The van der Waals surface area contributed by atoms with Crippen LogP contribution in [0.2, 0.25) is 0 Å². The number of aliphatic hydroxyl groups excluding tert-OH is 1. The molecule has 8 heavy (non-hydrogen) atoms. The molecule has 0 aliphatic rings. The van der Waals surface area contributed by atoms with Crippen LogP contribution in [0.4, 0.5) is 8.78 Å². The van der Waals surface area contributed by atoms with Crippen molar-refractivity contribution in [3.8, 4) is 0 Å². The number of alkyl halides is 4. The average Bonchev–Trinajstić information content (AvgIpc) is 1.21. The lowest BCUT2D eigenvalue weighted by Gasteiger charge is -2.07. The highest BCUT2D eigenvalue weighted by Gasteiger charge is 2.26. The summed E-state index contributed by atoms with van der Waals surface area (Å²) in [6.45, 7) is 0. The Morgan fingerprint density at radius 1 is 1.62 bits per heavy atom. The third-order valence-corrected chi connectivity index (χ3v) is 1.05. The lowest BCUT2D eigenvalue weighted by atomic mass is 10.5. The van der Waals surface area contributed by atoms with Gasteiger partial charge < -0.3 is 5.11 Å². The second-order valence-corrected chi connectivity index (χ2v) is 3.47. The summed E-state index contributed by atoms with van der Waals surface area (Å²) in [6.07, 6.45) is -0.618. The Bertz CT molecular complexity index is 70.2. The second-order valence-electron chi connectivity index (χ2n) is 1.25. The second kappa shape index (κ2) is 3.08. The van der Waals surface area contributed by atoms with Crippen LogP contribution in [-0.4, -0.2) is 15.0 Å². The normalized spacial score (nSPS) is 16.1. The highest BCUT2D eigenvalue weighted by atomic mass is 79.9. The summed E-state index contributed by atoms with van der Waals surface area (Å²) in [7, 11) is 0. The van der Waals surface area contributed by atoms with Gasteiger partial charge in [0.2, 0.25) is 0 Å². The molecule has 1 atom stereocenters. The predicted molar refractivity (Wildman–Crippen MR) is 33.4 cm³/mol. The van der Waals surface area contributed by atoms with Gasteiger partial charge in [-0.1, -0.05) is 15.9 Å². The van der Waals surface area contributed by atoms with Gasteiger partial charge in [-0.15, -0.1) is 0 Å². The molecule has 0 aromatic carbocycles. The van der Waals surface area contributed by atoms with E-state index in [-0.39, 0.29) is 0 Å². The van der Waals surface area contributed by atoms with Crippen LogP contribution in [0.1, 0.15) is 6.42 Å². The summed E-state index contributed by atoms with van der Waals surface area (Å²) in [5.41, 5.74) is 0. The van der Waals surface area contributed by atoms with Gasteiger partial charge in [-0.05, 0) is 15.9 Å². The first-order valence-electron chi connectivity index (χ1n) is 1.81. The van der Waals surface area contributed by atoms with Crippen LogP contribution >= 0.6 is 31.9 Å². The van der Waals surface area contributed by atoms with Crippen LogP contribution < -0.4 is 0 Å². The van der Waals surface area contributed by atoms with Gasteiger partial charge in [0.1, 0.15) is 5.01 Å². The SMILES string of the molecule is OC(Br)CC(F)(F)Br. The molecule has 0 radical (unpaired) electrons. The maximum atomic E-state index is 11.7. The van der Waals surface area contributed by atoms with Crippen molar-refractivity contribution in [3.05, 3.63) is 0 Å². The summed E-state index contributed by atoms with van der Waals surface area (Å²) in [4.78, 5) is -2.96. The van der Waals surface area contributed by atoms with Gasteiger partial charge in [0, 0.05) is 0 Å². The van der Waals surface area contributed by atoms with E-state index in [0.717, 1.165) is 0 Å². The van der Waals surface area contributed by atoms with E-state index in [1.54, 1.807) is 0 Å². The standard InChI is InChI=1S/C3H4Br2F2O/c4-2(8)1-3(5,6)7/h2,8H,1H2. The van der Waals surface area contributed by atoms with Gasteiger partial charge in [-0.25, -0.2) is 0 Å². The van der Waals surface area contributed by atoms with E-state index in [9.17, 15) is 8.78 Å². The predicted octanol–water partition coefficient (Wildman–Crippen LogP) is 2.08. The first-order chi connectivity index (χ1) is 3.42. The molecule has 50 valence electrons. The van der Waals surface area contributed by atoms with Crippen LogP contribution in [0.3, 0.4) is 0 Å². The molecular weight excluding hydrogens is 250 g/mol. The van der Waals surface area contributed by atoms with Crippen molar-refractivity contribution < 1.29 is 13.9 Å². The van der Waals surface area contributed by atoms with Gasteiger partial charge in [0.05, 0.1) is 6.42 Å². The molecule has 1 unspecified atom stereocenters. The van der Waals surface area contributed by atoms with Crippen molar-refractivity contribution in [1.29, 1.82) is 0 Å². The number of halogens is 4. The lowest BCUT2D eigenvalue weighted by Crippen LogP contribution is -2.11. The fourth-order valence-electron chi connectivity index (χ4n) is 0.191. The fraction of sp³-hybridized carbons (Fsp3) is 1.00. The van der Waals surface area contributed by atoms with Crippen molar-refractivity contribution in [2.45, 2.75) is 16.3 Å². The van der Waals surface area contributed by atoms with E-state index in [4.69, 9.17) is 5.11 Å². The summed E-state index contributed by atoms with van der Waals surface area (Å²) < 4.78 is 23.4. The van der Waals surface area contributed by atoms with E-state index in [1.807, 2.05) is 0 Å². The largest absolute Gasteiger partial charge is 0.382 e. The Hall–Kier alpha value is 0.780. The van der Waals surface area contributed by atoms with Gasteiger partial charge in [-0.3, -0.25) is 0 Å². The molecule has 1 nitrogen and oxygen atoms in total. The highest BCUT2D eigenvalue weighted by molar-refractivity contribution is 9.10. The topological polar surface area (TPSA) is 20.2 Å². The number of rotatable bonds is 2. The summed E-state index contributed by atoms with van der Waals surface area (Å²) in [5, 5.41) is 7.15. The van der Waals surface area contributed by atoms with Crippen LogP contribution in [0.15, 0.2) is 0 Å². The minimum atomic E-state index is -2.96. The third kappa shape index (κ3) is 6.78. The lowest BCUT2D eigenvalue weighted by molar-refractivity contribution is 0.0720. The molecule has 0 aliphatic carbocycles. The molecule has 0 aromatic heterocycles. The molecule has 0 bridgehead atoms. The molecule has 0 spiro atoms. The Kier molecular flexibility index (Phi) is 3.38. The third-order valence-electron chi connectivity index (χ3n) is 0.400. The van der Waals surface area contributed by atoms with Crippen molar-refractivity contribution in [2.24, 2.45) is 0 Å². The molecule has 0 amide bonds. The van der Waals surface area contributed by atoms with Crippen LogP contribution in [-0.2, 0) is 0 Å². The first-order valence-corrected chi connectivity index (χ1v) is 3.51. The molecule has 0 saturated heterocycles. The van der Waals surface area contributed by atoms with E-state index in [0.29, 0.717) is 0 Å². The molecular formula is C3H4Br2F2O. The molecule has 0 heterocycles. The summed E-state index contributed by atoms with van der Waals surface area (Å²) >= 11 is 4.61. The monoisotopic (exact) mass is 252 g/mol. The molecule has 0 rings (SSSR count). The van der Waals surface area contributed by atoms with Gasteiger partial charge in [-0.2, -0.15) is 8.78 Å². The number of hydrogen-bond donors (Lipinski definition) is 1. The van der Waals surface area contributed by atoms with Crippen molar-refractivity contribution in [1.82, 2.24) is 0 Å². The average molecular weight is 254 g/mol. The Balaban J connectivity index is 3.39. The molecule has 1 N–H and O–H groups in total. The number of aliphatic hydroxyl groups is 1. The van der Waals surface area contributed by atoms with Crippen molar-refractivity contribution >= 4 is 31.9 Å². The Morgan fingerprint density at radius 2 is 2.00 bits per heavy atom. The quantitative estimate of drug-likeness (QED) is 0.748. The molecule has 0 aromatic rings. The maximum Gasteiger partial charge on any atom is 0.304 e. The smallest absolute Gasteiger partial charge is 0.304 e. The zero-order valence-electron chi connectivity index (χ0n) is 3.74. The zero-order valence-corrected chi connectivity index (χ0v) is 6.92. The maximum absolute atomic E-state index is 11.7. The van der Waals surface area contributed by atoms with Gasteiger partial charge in [0.15, 0.2) is 0 Å². The van der Waals surface area contributed by atoms with Crippen LogP contribution in [0, 0.1) is 0 Å². The zero-order chi connectivity index (χ0) is 6.78. The minimum Gasteiger partial charge on any atom is -0.382 e. The minimum absolute atomic E-state index is 0.618. The van der Waals surface area contributed by atoms with Crippen LogP contribution in [0.25, 0.3) is 0 Å². The summed E-state index contributed by atoms with van der Waals surface area (Å²) in [5.74, 6) is 0. The van der Waals surface area contributed by atoms with Crippen molar-refractivity contribution in [2.75, 3.05) is 0 Å². The summed E-state index contributed by atoms with van der Waals surface area (Å²) in [6, 6.07) is 0. The number of hydrogen-bond acceptors (Lipinski definition) is 1. The highest BCUT2D eigenvalue weighted by Crippen LogP contribution is 2.28. The van der Waals surface area contributed by atoms with E-state index in [2.05, 4.69) is 31.9 Å². The molecule has 0 saturated carbocycles. The Labute approximate surface area is 62.3 Å². The van der Waals surface area contributed by atoms with Crippen molar-refractivity contribution in [3.63, 3.8) is 0 Å². The fourth-order valence-corrected chi connectivity index (χ4v) is 1.34. The van der Waals surface area contributed by atoms with Gasteiger partial charge in [0.25, 0.3) is 0 Å². The first kappa shape index (κ1) is 8.78. The van der Waals surface area contributed by atoms with Crippen LogP contribution in [0.5, 0.6) is 0 Å². The molecule has 0 fully saturated rings. The molecule has 5 heteroatoms. The van der Waals surface area contributed by atoms with E-state index in [1.165, 1.54) is 0 Å².